The molecule has 1 aliphatic rings. The Morgan fingerprint density at radius 3 is 2.52 bits per heavy atom. The highest BCUT2D eigenvalue weighted by Crippen LogP contribution is 2.28. The molecule has 4 rings (SSSR count). The number of ether oxygens (including phenoxy) is 1. The zero-order chi connectivity index (χ0) is 22.9. The van der Waals surface area contributed by atoms with Gasteiger partial charge in [-0.15, -0.1) is 11.3 Å². The summed E-state index contributed by atoms with van der Waals surface area (Å²) in [6.45, 7) is 3.89. The van der Waals surface area contributed by atoms with Crippen molar-refractivity contribution in [1.82, 2.24) is 15.6 Å². The van der Waals surface area contributed by atoms with Gasteiger partial charge in [-0.3, -0.25) is 4.79 Å². The summed E-state index contributed by atoms with van der Waals surface area (Å²) in [7, 11) is 0. The molecule has 1 aromatic heterocycles. The number of anilines is 2. The molecule has 0 aliphatic carbocycles. The van der Waals surface area contributed by atoms with E-state index in [0.29, 0.717) is 12.2 Å². The Balaban J connectivity index is 1.19. The third-order valence-corrected chi connectivity index (χ3v) is 6.07. The second kappa shape index (κ2) is 11.4. The van der Waals surface area contributed by atoms with E-state index < -0.39 is 0 Å². The van der Waals surface area contributed by atoms with Crippen LogP contribution in [0, 0.1) is 0 Å². The molecule has 9 heteroatoms. The second-order valence-electron chi connectivity index (χ2n) is 7.59. The fourth-order valence-electron chi connectivity index (χ4n) is 3.37. The van der Waals surface area contributed by atoms with Crippen molar-refractivity contribution in [3.63, 3.8) is 0 Å². The first-order valence-electron chi connectivity index (χ1n) is 10.9. The molecule has 172 valence electrons. The van der Waals surface area contributed by atoms with Crippen LogP contribution >= 0.6 is 11.3 Å². The van der Waals surface area contributed by atoms with Crippen LogP contribution in [0.2, 0.25) is 0 Å². The average molecular weight is 466 g/mol. The van der Waals surface area contributed by atoms with Crippen LogP contribution in [0.15, 0.2) is 60.0 Å². The largest absolute Gasteiger partial charge is 0.378 e. The summed E-state index contributed by atoms with van der Waals surface area (Å²) in [4.78, 5) is 31.0. The minimum Gasteiger partial charge on any atom is -0.378 e. The predicted octanol–water partition coefficient (Wildman–Crippen LogP) is 3.47. The maximum Gasteiger partial charge on any atom is 0.315 e. The van der Waals surface area contributed by atoms with Gasteiger partial charge in [0.05, 0.1) is 18.9 Å². The minimum absolute atomic E-state index is 0.158. The first kappa shape index (κ1) is 22.8. The van der Waals surface area contributed by atoms with E-state index in [4.69, 9.17) is 9.72 Å². The zero-order valence-electron chi connectivity index (χ0n) is 18.3. The number of hydrogen-bond donors (Lipinski definition) is 3. The topological polar surface area (TPSA) is 95.6 Å². The first-order chi connectivity index (χ1) is 16.2. The molecule has 8 nitrogen and oxygen atoms in total. The molecule has 0 bridgehead atoms. The number of morpholine rings is 1. The van der Waals surface area contributed by atoms with E-state index >= 15 is 0 Å². The molecule has 3 amide bonds. The van der Waals surface area contributed by atoms with Crippen molar-refractivity contribution in [2.24, 2.45) is 0 Å². The van der Waals surface area contributed by atoms with Crippen LogP contribution in [0.3, 0.4) is 0 Å². The molecule has 0 radical (unpaired) electrons. The first-order valence-corrected chi connectivity index (χ1v) is 11.8. The van der Waals surface area contributed by atoms with E-state index in [9.17, 15) is 9.59 Å². The number of carbonyl (C=O) groups is 2. The van der Waals surface area contributed by atoms with Gasteiger partial charge in [-0.25, -0.2) is 9.78 Å². The number of aromatic nitrogens is 1. The van der Waals surface area contributed by atoms with Gasteiger partial charge in [0.2, 0.25) is 5.91 Å². The lowest BCUT2D eigenvalue weighted by Crippen LogP contribution is -2.36. The summed E-state index contributed by atoms with van der Waals surface area (Å²) in [6.07, 6.45) is 0.190. The molecule has 3 aromatic rings. The standard InChI is InChI=1S/C24H27N5O3S/c30-22(10-11-25-23(31)26-16-18-4-2-1-3-5-18)27-20-8-6-19(7-9-20)21-17-33-24(28-21)29-12-14-32-15-13-29/h1-9,17H,10-16H2,(H,27,30)(H2,25,26,31). The Morgan fingerprint density at radius 2 is 1.76 bits per heavy atom. The minimum atomic E-state index is -0.296. The quantitative estimate of drug-likeness (QED) is 0.473. The van der Waals surface area contributed by atoms with Gasteiger partial charge in [-0.1, -0.05) is 42.5 Å². The third kappa shape index (κ3) is 6.77. The number of hydrogen-bond acceptors (Lipinski definition) is 6. The maximum atomic E-state index is 12.2. The number of amides is 3. The van der Waals surface area contributed by atoms with Gasteiger partial charge in [0.15, 0.2) is 5.13 Å². The van der Waals surface area contributed by atoms with Crippen LogP contribution in [-0.2, 0) is 16.1 Å². The lowest BCUT2D eigenvalue weighted by molar-refractivity contribution is -0.116. The molecule has 0 atom stereocenters. The van der Waals surface area contributed by atoms with Gasteiger partial charge in [0.1, 0.15) is 0 Å². The van der Waals surface area contributed by atoms with E-state index in [1.54, 1.807) is 11.3 Å². The third-order valence-electron chi connectivity index (χ3n) is 5.17. The Morgan fingerprint density at radius 1 is 1.00 bits per heavy atom. The normalized spacial score (nSPS) is 13.4. The molecule has 0 saturated carbocycles. The van der Waals surface area contributed by atoms with Crippen molar-refractivity contribution in [1.29, 1.82) is 0 Å². The maximum absolute atomic E-state index is 12.2. The van der Waals surface area contributed by atoms with E-state index in [1.165, 1.54) is 0 Å². The van der Waals surface area contributed by atoms with Crippen LogP contribution in [0.5, 0.6) is 0 Å². The summed E-state index contributed by atoms with van der Waals surface area (Å²) in [5, 5.41) is 11.4. The van der Waals surface area contributed by atoms with Gasteiger partial charge >= 0.3 is 6.03 Å². The molecule has 1 aliphatic heterocycles. The SMILES string of the molecule is O=C(CCNC(=O)NCc1ccccc1)Nc1ccc(-c2csc(N3CCOCC3)n2)cc1. The van der Waals surface area contributed by atoms with E-state index in [1.807, 2.05) is 60.0 Å². The van der Waals surface area contributed by atoms with Crippen LogP contribution in [0.1, 0.15) is 12.0 Å². The number of urea groups is 1. The van der Waals surface area contributed by atoms with Gasteiger partial charge in [0.25, 0.3) is 0 Å². The number of rotatable bonds is 8. The van der Waals surface area contributed by atoms with Gasteiger partial charge in [0, 0.05) is 49.2 Å². The van der Waals surface area contributed by atoms with Gasteiger partial charge in [-0.2, -0.15) is 0 Å². The monoisotopic (exact) mass is 465 g/mol. The van der Waals surface area contributed by atoms with Gasteiger partial charge in [-0.05, 0) is 17.7 Å². The number of nitrogens with zero attached hydrogens (tertiary/aromatic N) is 2. The van der Waals surface area contributed by atoms with Crippen LogP contribution in [-0.4, -0.2) is 49.8 Å². The molecule has 1 saturated heterocycles. The predicted molar refractivity (Wildman–Crippen MR) is 131 cm³/mol. The van der Waals surface area contributed by atoms with Gasteiger partial charge < -0.3 is 25.6 Å². The van der Waals surface area contributed by atoms with E-state index in [2.05, 4.69) is 20.9 Å². The molecule has 33 heavy (non-hydrogen) atoms. The molecule has 0 unspecified atom stereocenters. The van der Waals surface area contributed by atoms with Crippen molar-refractivity contribution in [2.75, 3.05) is 43.1 Å². The zero-order valence-corrected chi connectivity index (χ0v) is 19.1. The van der Waals surface area contributed by atoms with Crippen molar-refractivity contribution in [3.8, 4) is 11.3 Å². The smallest absolute Gasteiger partial charge is 0.315 e. The van der Waals surface area contributed by atoms with Crippen LogP contribution in [0.25, 0.3) is 11.3 Å². The molecular weight excluding hydrogens is 438 g/mol. The highest BCUT2D eigenvalue weighted by Gasteiger charge is 2.15. The molecule has 2 heterocycles. The average Bonchev–Trinajstić information content (AvgIpc) is 3.35. The summed E-state index contributed by atoms with van der Waals surface area (Å²) in [5.41, 5.74) is 3.65. The fourth-order valence-corrected chi connectivity index (χ4v) is 4.26. The highest BCUT2D eigenvalue weighted by molar-refractivity contribution is 7.14. The number of carbonyl (C=O) groups excluding carboxylic acids is 2. The summed E-state index contributed by atoms with van der Waals surface area (Å²) < 4.78 is 5.40. The van der Waals surface area contributed by atoms with Crippen molar-refractivity contribution in [2.45, 2.75) is 13.0 Å². The van der Waals surface area contributed by atoms with E-state index in [0.717, 1.165) is 48.3 Å². The Bertz CT molecular complexity index is 1050. The number of benzene rings is 2. The Hall–Kier alpha value is -3.43. The van der Waals surface area contributed by atoms with E-state index in [-0.39, 0.29) is 24.9 Å². The molecule has 1 fully saturated rings. The molecule has 0 spiro atoms. The summed E-state index contributed by atoms with van der Waals surface area (Å²) in [6, 6.07) is 17.0. The second-order valence-corrected chi connectivity index (χ2v) is 8.42. The van der Waals surface area contributed by atoms with Crippen molar-refractivity contribution >= 4 is 34.1 Å². The highest BCUT2D eigenvalue weighted by atomic mass is 32.1. The van der Waals surface area contributed by atoms with Crippen molar-refractivity contribution in [3.05, 3.63) is 65.5 Å². The number of nitrogens with one attached hydrogen (secondary N) is 3. The summed E-state index contributed by atoms with van der Waals surface area (Å²) in [5.74, 6) is -0.158. The van der Waals surface area contributed by atoms with Crippen LogP contribution < -0.4 is 20.9 Å². The van der Waals surface area contributed by atoms with Crippen LogP contribution in [0.4, 0.5) is 15.6 Å². The Kier molecular flexibility index (Phi) is 7.89. The fraction of sp³-hybridized carbons (Fsp3) is 0.292. The molecular formula is C24H27N5O3S. The molecule has 3 N–H and O–H groups in total. The molecule has 2 aromatic carbocycles. The Labute approximate surface area is 197 Å². The number of thiazole rings is 1. The van der Waals surface area contributed by atoms with Crippen molar-refractivity contribution < 1.29 is 14.3 Å². The lowest BCUT2D eigenvalue weighted by atomic mass is 10.1. The summed E-state index contributed by atoms with van der Waals surface area (Å²) >= 11 is 1.63. The lowest BCUT2D eigenvalue weighted by Gasteiger charge is -2.26.